The fourth-order valence-corrected chi connectivity index (χ4v) is 0.274. The molecule has 0 saturated carbocycles. The normalized spacial score (nSPS) is 10.9. The molecule has 0 spiro atoms. The molecule has 3 heteroatoms. The number of aliphatic imine (C=N–C) groups is 1. The van der Waals surface area contributed by atoms with Crippen LogP contribution in [0.3, 0.4) is 0 Å². The summed E-state index contributed by atoms with van der Waals surface area (Å²) in [7, 11) is 1.41. The quantitative estimate of drug-likeness (QED) is 0.524. The topological polar surface area (TPSA) is 49.7 Å². The Morgan fingerprint density at radius 2 is 2.38 bits per heavy atom. The maximum atomic E-state index is 9.96. The summed E-state index contributed by atoms with van der Waals surface area (Å²) >= 11 is 0. The highest BCUT2D eigenvalue weighted by Gasteiger charge is 1.99. The van der Waals surface area contributed by atoms with E-state index in [0.717, 1.165) is 0 Å². The van der Waals surface area contributed by atoms with Gasteiger partial charge in [-0.1, -0.05) is 6.58 Å². The summed E-state index contributed by atoms with van der Waals surface area (Å²) in [6.45, 7) is 3.24. The van der Waals surface area contributed by atoms with Crippen LogP contribution in [0.2, 0.25) is 0 Å². The lowest BCUT2D eigenvalue weighted by atomic mass is 10.4. The van der Waals surface area contributed by atoms with Gasteiger partial charge in [0.15, 0.2) is 0 Å². The van der Waals surface area contributed by atoms with Gasteiger partial charge in [0.1, 0.15) is 5.71 Å². The molecule has 0 heterocycles. The Kier molecular flexibility index (Phi) is 2.54. The van der Waals surface area contributed by atoms with Gasteiger partial charge in [-0.25, -0.2) is 4.79 Å². The van der Waals surface area contributed by atoms with Gasteiger partial charge in [-0.15, -0.1) is 0 Å². The molecule has 0 aromatic heterocycles. The molecule has 0 aliphatic rings. The monoisotopic (exact) mass is 113 g/mol. The first-order chi connectivity index (χ1) is 3.72. The first kappa shape index (κ1) is 6.88. The average molecular weight is 113 g/mol. The van der Waals surface area contributed by atoms with Crippen LogP contribution in [0.4, 0.5) is 0 Å². The van der Waals surface area contributed by atoms with Crippen LogP contribution in [0.15, 0.2) is 17.6 Å². The van der Waals surface area contributed by atoms with Crippen molar-refractivity contribution in [3.63, 3.8) is 0 Å². The number of hydrogen-bond donors (Lipinski definition) is 1. The number of hydrogen-bond acceptors (Lipinski definition) is 2. The average Bonchev–Trinajstić information content (AvgIpc) is 1.69. The van der Waals surface area contributed by atoms with E-state index in [-0.39, 0.29) is 5.71 Å². The smallest absolute Gasteiger partial charge is 0.353 e. The Hall–Kier alpha value is -1.12. The minimum absolute atomic E-state index is 0.00926. The molecule has 3 nitrogen and oxygen atoms in total. The number of carboxylic acids is 1. The van der Waals surface area contributed by atoms with E-state index in [9.17, 15) is 4.79 Å². The van der Waals surface area contributed by atoms with Gasteiger partial charge in [-0.2, -0.15) is 0 Å². The molecule has 0 aromatic rings. The summed E-state index contributed by atoms with van der Waals surface area (Å²) in [6.07, 6.45) is 1.20. The Balaban J connectivity index is 4.13. The molecule has 0 bridgehead atoms. The standard InChI is InChI=1S/C5H7NO2/c1-3-4(6-2)5(7)8/h3H,1H2,2H3,(H,7,8). The maximum Gasteiger partial charge on any atom is 0.353 e. The zero-order valence-corrected chi connectivity index (χ0v) is 4.59. The minimum Gasteiger partial charge on any atom is -0.477 e. The molecule has 0 rings (SSSR count). The minimum atomic E-state index is -1.04. The lowest BCUT2D eigenvalue weighted by Gasteiger charge is -1.85. The van der Waals surface area contributed by atoms with Crippen LogP contribution >= 0.6 is 0 Å². The fourth-order valence-electron chi connectivity index (χ4n) is 0.274. The summed E-state index contributed by atoms with van der Waals surface area (Å²) in [5.41, 5.74) is -0.00926. The molecular formula is C5H7NO2. The van der Waals surface area contributed by atoms with Crippen molar-refractivity contribution < 1.29 is 9.90 Å². The van der Waals surface area contributed by atoms with Crippen LogP contribution in [0, 0.1) is 0 Å². The van der Waals surface area contributed by atoms with Crippen molar-refractivity contribution in [1.29, 1.82) is 0 Å². The van der Waals surface area contributed by atoms with E-state index in [4.69, 9.17) is 5.11 Å². The van der Waals surface area contributed by atoms with Gasteiger partial charge in [0.05, 0.1) is 0 Å². The Bertz CT molecular complexity index is 137. The van der Waals surface area contributed by atoms with Gasteiger partial charge in [-0.05, 0) is 6.08 Å². The third-order valence-corrected chi connectivity index (χ3v) is 0.653. The summed E-state index contributed by atoms with van der Waals surface area (Å²) in [5, 5.41) is 8.17. The molecule has 0 amide bonds. The second-order valence-electron chi connectivity index (χ2n) is 1.12. The predicted molar refractivity (Wildman–Crippen MR) is 31.2 cm³/mol. The van der Waals surface area contributed by atoms with Crippen molar-refractivity contribution in [2.45, 2.75) is 0 Å². The molecule has 44 valence electrons. The first-order valence-corrected chi connectivity index (χ1v) is 2.05. The number of carbonyl (C=O) groups is 1. The van der Waals surface area contributed by atoms with Gasteiger partial charge < -0.3 is 5.11 Å². The fraction of sp³-hybridized carbons (Fsp3) is 0.200. The lowest BCUT2D eigenvalue weighted by molar-refractivity contribution is -0.129. The molecule has 0 unspecified atom stereocenters. The van der Waals surface area contributed by atoms with Crippen LogP contribution < -0.4 is 0 Å². The molecule has 0 saturated heterocycles. The van der Waals surface area contributed by atoms with E-state index in [2.05, 4.69) is 11.6 Å². The van der Waals surface area contributed by atoms with Crippen LogP contribution in [0.25, 0.3) is 0 Å². The van der Waals surface area contributed by atoms with E-state index >= 15 is 0 Å². The second-order valence-corrected chi connectivity index (χ2v) is 1.12. The maximum absolute atomic E-state index is 9.96. The van der Waals surface area contributed by atoms with Crippen molar-refractivity contribution in [1.82, 2.24) is 0 Å². The van der Waals surface area contributed by atoms with E-state index in [1.807, 2.05) is 0 Å². The van der Waals surface area contributed by atoms with Crippen molar-refractivity contribution in [2.24, 2.45) is 4.99 Å². The lowest BCUT2D eigenvalue weighted by Crippen LogP contribution is -2.08. The highest BCUT2D eigenvalue weighted by Crippen LogP contribution is 1.76. The summed E-state index contributed by atoms with van der Waals surface area (Å²) in [4.78, 5) is 13.4. The van der Waals surface area contributed by atoms with Gasteiger partial charge in [0.25, 0.3) is 0 Å². The number of carboxylic acid groups (broad SMARTS) is 1. The van der Waals surface area contributed by atoms with Crippen molar-refractivity contribution >= 4 is 11.7 Å². The van der Waals surface area contributed by atoms with Crippen molar-refractivity contribution in [3.8, 4) is 0 Å². The molecule has 0 aliphatic carbocycles. The molecule has 0 aromatic carbocycles. The number of aliphatic carboxylic acids is 1. The zero-order chi connectivity index (χ0) is 6.57. The van der Waals surface area contributed by atoms with Gasteiger partial charge in [-0.3, -0.25) is 4.99 Å². The third kappa shape index (κ3) is 1.55. The Morgan fingerprint density at radius 1 is 1.88 bits per heavy atom. The largest absolute Gasteiger partial charge is 0.477 e. The second kappa shape index (κ2) is 2.96. The van der Waals surface area contributed by atoms with E-state index in [1.54, 1.807) is 0 Å². The SMILES string of the molecule is C=CC(=NC)C(=O)O. The van der Waals surface area contributed by atoms with E-state index in [1.165, 1.54) is 13.1 Å². The van der Waals surface area contributed by atoms with Crippen LogP contribution in [-0.4, -0.2) is 23.8 Å². The van der Waals surface area contributed by atoms with Crippen molar-refractivity contribution in [3.05, 3.63) is 12.7 Å². The molecule has 0 fully saturated rings. The molecule has 0 atom stereocenters. The summed E-state index contributed by atoms with van der Waals surface area (Å²) in [5.74, 6) is -1.04. The highest BCUT2D eigenvalue weighted by atomic mass is 16.4. The molecule has 1 N–H and O–H groups in total. The zero-order valence-electron chi connectivity index (χ0n) is 4.59. The van der Waals surface area contributed by atoms with Crippen LogP contribution in [0.1, 0.15) is 0 Å². The van der Waals surface area contributed by atoms with Gasteiger partial charge in [0, 0.05) is 7.05 Å². The number of rotatable bonds is 2. The van der Waals surface area contributed by atoms with Crippen LogP contribution in [0.5, 0.6) is 0 Å². The van der Waals surface area contributed by atoms with E-state index < -0.39 is 5.97 Å². The van der Waals surface area contributed by atoms with Crippen LogP contribution in [-0.2, 0) is 4.79 Å². The summed E-state index contributed by atoms with van der Waals surface area (Å²) < 4.78 is 0. The molecule has 8 heavy (non-hydrogen) atoms. The van der Waals surface area contributed by atoms with Crippen molar-refractivity contribution in [2.75, 3.05) is 7.05 Å². The van der Waals surface area contributed by atoms with Gasteiger partial charge >= 0.3 is 5.97 Å². The predicted octanol–water partition coefficient (Wildman–Crippen LogP) is 0.328. The molecular weight excluding hydrogens is 106 g/mol. The Morgan fingerprint density at radius 3 is 2.38 bits per heavy atom. The molecule has 0 aliphatic heterocycles. The van der Waals surface area contributed by atoms with E-state index in [0.29, 0.717) is 0 Å². The molecule has 0 radical (unpaired) electrons. The third-order valence-electron chi connectivity index (χ3n) is 0.653. The Labute approximate surface area is 47.4 Å². The highest BCUT2D eigenvalue weighted by molar-refractivity contribution is 6.40. The number of nitrogens with zero attached hydrogens (tertiary/aromatic N) is 1. The first-order valence-electron chi connectivity index (χ1n) is 2.05. The van der Waals surface area contributed by atoms with Gasteiger partial charge in [0.2, 0.25) is 0 Å². The summed E-state index contributed by atoms with van der Waals surface area (Å²) in [6, 6.07) is 0.